The quantitative estimate of drug-likeness (QED) is 0.439. The molecule has 0 amide bonds. The van der Waals surface area contributed by atoms with Gasteiger partial charge in [0.15, 0.2) is 12.5 Å². The van der Waals surface area contributed by atoms with E-state index < -0.39 is 17.7 Å². The van der Waals surface area contributed by atoms with Gasteiger partial charge >= 0.3 is 12.1 Å². The lowest BCUT2D eigenvalue weighted by Gasteiger charge is -2.16. The third-order valence-corrected chi connectivity index (χ3v) is 3.44. The van der Waals surface area contributed by atoms with Crippen LogP contribution in [0.2, 0.25) is 0 Å². The zero-order chi connectivity index (χ0) is 19.3. The van der Waals surface area contributed by atoms with E-state index in [2.05, 4.69) is 14.9 Å². The van der Waals surface area contributed by atoms with E-state index in [1.807, 2.05) is 0 Å². The van der Waals surface area contributed by atoms with Gasteiger partial charge < -0.3 is 14.2 Å². The number of hydrogen-bond donors (Lipinski definition) is 0. The molecule has 0 fully saturated rings. The van der Waals surface area contributed by atoms with Gasteiger partial charge in [-0.25, -0.2) is 4.79 Å². The number of rotatable bonds is 6. The molecule has 1 aromatic carbocycles. The summed E-state index contributed by atoms with van der Waals surface area (Å²) in [6.07, 6.45) is -4.52. The average molecular weight is 370 g/mol. The molecule has 0 radical (unpaired) electrons. The van der Waals surface area contributed by atoms with Crippen molar-refractivity contribution >= 4 is 5.97 Å². The number of aromatic nitrogens is 2. The second-order valence-corrected chi connectivity index (χ2v) is 5.21. The lowest BCUT2D eigenvalue weighted by molar-refractivity contribution is -0.137. The van der Waals surface area contributed by atoms with Crippen LogP contribution in [0.4, 0.5) is 13.2 Å². The van der Waals surface area contributed by atoms with Gasteiger partial charge in [-0.05, 0) is 43.7 Å². The number of nitrogens with zero attached hydrogens (tertiary/aromatic N) is 2. The molecule has 0 aliphatic carbocycles. The van der Waals surface area contributed by atoms with Gasteiger partial charge in [-0.15, -0.1) is 10.2 Å². The van der Waals surface area contributed by atoms with Crippen molar-refractivity contribution < 1.29 is 32.2 Å². The lowest BCUT2D eigenvalue weighted by atomic mass is 10.0. The molecule has 0 saturated carbocycles. The van der Waals surface area contributed by atoms with Crippen molar-refractivity contribution in [3.05, 3.63) is 41.1 Å². The van der Waals surface area contributed by atoms with Gasteiger partial charge in [0.2, 0.25) is 0 Å². The van der Waals surface area contributed by atoms with Crippen LogP contribution in [0, 0.1) is 6.92 Å². The summed E-state index contributed by atoms with van der Waals surface area (Å²) in [7, 11) is 1.21. The Morgan fingerprint density at radius 1 is 1.19 bits per heavy atom. The maximum absolute atomic E-state index is 13.1. The van der Waals surface area contributed by atoms with Gasteiger partial charge in [0.05, 0.1) is 18.4 Å². The summed E-state index contributed by atoms with van der Waals surface area (Å²) in [5, 5.41) is 7.65. The summed E-state index contributed by atoms with van der Waals surface area (Å²) < 4.78 is 54.2. The zero-order valence-electron chi connectivity index (χ0n) is 14.4. The molecule has 0 atom stereocenters. The van der Waals surface area contributed by atoms with Gasteiger partial charge in [0.25, 0.3) is 0 Å². The molecule has 2 rings (SSSR count). The summed E-state index contributed by atoms with van der Waals surface area (Å²) in [6.45, 7) is 3.38. The van der Waals surface area contributed by atoms with E-state index in [0.717, 1.165) is 12.1 Å². The second-order valence-electron chi connectivity index (χ2n) is 5.21. The van der Waals surface area contributed by atoms with Crippen LogP contribution in [0.1, 0.15) is 28.5 Å². The van der Waals surface area contributed by atoms with Gasteiger partial charge in [-0.2, -0.15) is 13.2 Å². The fourth-order valence-electron chi connectivity index (χ4n) is 2.23. The maximum atomic E-state index is 13.1. The zero-order valence-corrected chi connectivity index (χ0v) is 14.4. The highest BCUT2D eigenvalue weighted by molar-refractivity contribution is 5.87. The van der Waals surface area contributed by atoms with Crippen molar-refractivity contribution in [2.75, 3.05) is 20.5 Å². The van der Waals surface area contributed by atoms with E-state index >= 15 is 0 Å². The van der Waals surface area contributed by atoms with E-state index in [4.69, 9.17) is 9.47 Å². The first-order chi connectivity index (χ1) is 12.3. The minimum absolute atomic E-state index is 0.0161. The molecular formula is C17H17F3N2O4. The number of aryl methyl sites for hydroxylation is 1. The Labute approximate surface area is 147 Å². The maximum Gasteiger partial charge on any atom is 0.416 e. The van der Waals surface area contributed by atoms with Gasteiger partial charge in [0.1, 0.15) is 5.75 Å². The smallest absolute Gasteiger partial charge is 0.416 e. The Hall–Kier alpha value is -2.68. The van der Waals surface area contributed by atoms with Gasteiger partial charge in [-0.3, -0.25) is 0 Å². The molecule has 0 aliphatic rings. The fraction of sp³-hybridized carbons (Fsp3) is 0.353. The molecule has 0 saturated heterocycles. The van der Waals surface area contributed by atoms with Crippen molar-refractivity contribution in [2.24, 2.45) is 0 Å². The molecule has 0 N–H and O–H groups in total. The number of ether oxygens (including phenoxy) is 3. The number of halogens is 3. The van der Waals surface area contributed by atoms with Crippen molar-refractivity contribution in [1.82, 2.24) is 10.2 Å². The minimum Gasteiger partial charge on any atom is -0.467 e. The largest absolute Gasteiger partial charge is 0.467 e. The number of hydrogen-bond acceptors (Lipinski definition) is 6. The summed E-state index contributed by atoms with van der Waals surface area (Å²) in [5.41, 5.74) is 0.0328. The van der Waals surface area contributed by atoms with Crippen LogP contribution in [0.5, 0.6) is 5.75 Å². The molecule has 9 heteroatoms. The number of methoxy groups -OCH3 is 1. The first-order valence-corrected chi connectivity index (χ1v) is 7.62. The van der Waals surface area contributed by atoms with E-state index in [0.29, 0.717) is 17.7 Å². The average Bonchev–Trinajstić information content (AvgIpc) is 2.60. The van der Waals surface area contributed by atoms with Crippen molar-refractivity contribution in [3.63, 3.8) is 0 Å². The van der Waals surface area contributed by atoms with Crippen LogP contribution in [-0.4, -0.2) is 36.7 Å². The third kappa shape index (κ3) is 4.48. The molecular weight excluding hydrogens is 353 g/mol. The highest BCUT2D eigenvalue weighted by Gasteiger charge is 2.32. The molecule has 140 valence electrons. The SMILES string of the molecule is CCOCOc1cc(C(F)(F)F)cc(C)c1-c1ccc(C(=O)OC)nn1. The molecule has 1 aromatic heterocycles. The summed E-state index contributed by atoms with van der Waals surface area (Å²) in [5.74, 6) is -0.702. The summed E-state index contributed by atoms with van der Waals surface area (Å²) in [6, 6.07) is 4.72. The molecule has 0 spiro atoms. The first kappa shape index (κ1) is 19.6. The van der Waals surface area contributed by atoms with Crippen LogP contribution in [0.3, 0.4) is 0 Å². The van der Waals surface area contributed by atoms with Gasteiger partial charge in [-0.1, -0.05) is 0 Å². The molecule has 26 heavy (non-hydrogen) atoms. The predicted molar refractivity (Wildman–Crippen MR) is 85.7 cm³/mol. The number of alkyl halides is 3. The first-order valence-electron chi connectivity index (χ1n) is 7.62. The van der Waals surface area contributed by atoms with Crippen LogP contribution in [-0.2, 0) is 15.7 Å². The fourth-order valence-corrected chi connectivity index (χ4v) is 2.23. The van der Waals surface area contributed by atoms with E-state index in [-0.39, 0.29) is 23.9 Å². The molecule has 6 nitrogen and oxygen atoms in total. The molecule has 1 heterocycles. The molecule has 0 unspecified atom stereocenters. The number of carbonyl (C=O) groups is 1. The summed E-state index contributed by atoms with van der Waals surface area (Å²) in [4.78, 5) is 11.4. The van der Waals surface area contributed by atoms with Crippen molar-refractivity contribution in [1.29, 1.82) is 0 Å². The molecule has 0 aliphatic heterocycles. The predicted octanol–water partition coefficient (Wildman–Crippen LogP) is 3.63. The normalized spacial score (nSPS) is 11.3. The Balaban J connectivity index is 2.49. The van der Waals surface area contributed by atoms with E-state index in [1.165, 1.54) is 26.2 Å². The number of benzene rings is 1. The Bertz CT molecular complexity index is 777. The van der Waals surface area contributed by atoms with Gasteiger partial charge in [0, 0.05) is 12.2 Å². The molecule has 0 bridgehead atoms. The van der Waals surface area contributed by atoms with Crippen molar-refractivity contribution in [2.45, 2.75) is 20.0 Å². The minimum atomic E-state index is -4.52. The summed E-state index contributed by atoms with van der Waals surface area (Å²) >= 11 is 0. The lowest BCUT2D eigenvalue weighted by Crippen LogP contribution is -2.10. The van der Waals surface area contributed by atoms with Crippen LogP contribution < -0.4 is 4.74 Å². The standard InChI is InChI=1S/C17H17F3N2O4/c1-4-25-9-26-14-8-11(17(18,19)20)7-10(2)15(14)12-5-6-13(22-21-12)16(23)24-3/h5-8H,4,9H2,1-3H3. The van der Waals surface area contributed by atoms with Crippen LogP contribution >= 0.6 is 0 Å². The van der Waals surface area contributed by atoms with E-state index in [9.17, 15) is 18.0 Å². The third-order valence-electron chi connectivity index (χ3n) is 3.44. The Morgan fingerprint density at radius 2 is 1.92 bits per heavy atom. The van der Waals surface area contributed by atoms with Crippen LogP contribution in [0.25, 0.3) is 11.3 Å². The van der Waals surface area contributed by atoms with E-state index in [1.54, 1.807) is 6.92 Å². The number of esters is 1. The highest BCUT2D eigenvalue weighted by Crippen LogP contribution is 2.39. The number of carbonyl (C=O) groups excluding carboxylic acids is 1. The van der Waals surface area contributed by atoms with Crippen LogP contribution in [0.15, 0.2) is 24.3 Å². The Kier molecular flexibility index (Phi) is 6.14. The molecule has 2 aromatic rings. The topological polar surface area (TPSA) is 70.5 Å². The second kappa shape index (κ2) is 8.13. The monoisotopic (exact) mass is 370 g/mol. The highest BCUT2D eigenvalue weighted by atomic mass is 19.4. The van der Waals surface area contributed by atoms with Crippen molar-refractivity contribution in [3.8, 4) is 17.0 Å². The Morgan fingerprint density at radius 3 is 2.46 bits per heavy atom.